The van der Waals surface area contributed by atoms with E-state index < -0.39 is 23.6 Å². The molecule has 0 heterocycles. The van der Waals surface area contributed by atoms with Crippen molar-refractivity contribution in [2.75, 3.05) is 5.32 Å². The summed E-state index contributed by atoms with van der Waals surface area (Å²) >= 11 is 5.74. The molecular formula is C13H16ClF3N2O2. The van der Waals surface area contributed by atoms with Crippen LogP contribution in [-0.2, 0) is 4.79 Å². The summed E-state index contributed by atoms with van der Waals surface area (Å²) in [6.45, 7) is 5.19. The number of nitrogens with one attached hydrogen (secondary N) is 1. The minimum Gasteiger partial charge on any atom is -0.404 e. The Labute approximate surface area is 125 Å². The van der Waals surface area contributed by atoms with Gasteiger partial charge in [0.1, 0.15) is 11.3 Å². The Bertz CT molecular complexity index is 535. The van der Waals surface area contributed by atoms with Gasteiger partial charge in [-0.05, 0) is 31.0 Å². The summed E-state index contributed by atoms with van der Waals surface area (Å²) in [4.78, 5) is 11.6. The highest BCUT2D eigenvalue weighted by Gasteiger charge is 2.35. The Morgan fingerprint density at radius 1 is 1.38 bits per heavy atom. The minimum absolute atomic E-state index is 0.139. The fourth-order valence-corrected chi connectivity index (χ4v) is 1.80. The van der Waals surface area contributed by atoms with E-state index in [1.54, 1.807) is 20.8 Å². The molecule has 0 aliphatic carbocycles. The molecule has 4 nitrogen and oxygen atoms in total. The predicted octanol–water partition coefficient (Wildman–Crippen LogP) is 3.55. The number of carbonyl (C=O) groups is 1. The van der Waals surface area contributed by atoms with Crippen LogP contribution in [0.25, 0.3) is 0 Å². The number of carbonyl (C=O) groups excluding carboxylic acids is 1. The molecule has 21 heavy (non-hydrogen) atoms. The number of anilines is 1. The van der Waals surface area contributed by atoms with Gasteiger partial charge in [-0.1, -0.05) is 25.4 Å². The van der Waals surface area contributed by atoms with Crippen LogP contribution >= 0.6 is 11.6 Å². The molecule has 1 aromatic carbocycles. The fourth-order valence-electron chi connectivity index (χ4n) is 1.58. The maximum absolute atomic E-state index is 12.1. The lowest BCUT2D eigenvalue weighted by Crippen LogP contribution is -2.51. The number of alkyl halides is 3. The van der Waals surface area contributed by atoms with Crippen molar-refractivity contribution in [1.29, 1.82) is 0 Å². The van der Waals surface area contributed by atoms with E-state index in [4.69, 9.17) is 17.3 Å². The van der Waals surface area contributed by atoms with Gasteiger partial charge in [-0.3, -0.25) is 4.79 Å². The number of amides is 1. The highest BCUT2D eigenvalue weighted by Crippen LogP contribution is 2.33. The van der Waals surface area contributed by atoms with Gasteiger partial charge in [0.15, 0.2) is 0 Å². The van der Waals surface area contributed by atoms with Crippen molar-refractivity contribution in [3.05, 3.63) is 23.2 Å². The van der Waals surface area contributed by atoms with Crippen LogP contribution in [0.5, 0.6) is 5.75 Å². The van der Waals surface area contributed by atoms with Crippen LogP contribution < -0.4 is 15.8 Å². The number of nitrogens with two attached hydrogens (primary N) is 1. The molecule has 0 aliphatic rings. The van der Waals surface area contributed by atoms with Crippen LogP contribution in [-0.4, -0.2) is 17.8 Å². The first-order valence-corrected chi connectivity index (χ1v) is 6.47. The Morgan fingerprint density at radius 2 is 1.95 bits per heavy atom. The molecule has 1 unspecified atom stereocenters. The smallest absolute Gasteiger partial charge is 0.404 e. The maximum atomic E-state index is 12.1. The monoisotopic (exact) mass is 324 g/mol. The van der Waals surface area contributed by atoms with Crippen LogP contribution in [0.15, 0.2) is 18.2 Å². The molecule has 0 spiro atoms. The van der Waals surface area contributed by atoms with Crippen LogP contribution in [0, 0.1) is 5.92 Å². The van der Waals surface area contributed by atoms with E-state index in [-0.39, 0.29) is 10.9 Å². The number of halogens is 4. The molecule has 3 N–H and O–H groups in total. The average Bonchev–Trinajstić information content (AvgIpc) is 2.30. The second-order valence-corrected chi connectivity index (χ2v) is 5.45. The largest absolute Gasteiger partial charge is 0.573 e. The SMILES string of the molecule is CC(C)C(C)(Nc1ccc(OC(F)(F)F)c(Cl)c1)C(N)=O. The zero-order chi connectivity index (χ0) is 16.4. The lowest BCUT2D eigenvalue weighted by molar-refractivity contribution is -0.274. The van der Waals surface area contributed by atoms with E-state index in [9.17, 15) is 18.0 Å². The standard InChI is InChI=1S/C13H16ClF3N2O2/c1-7(2)12(3,11(18)20)19-8-4-5-10(9(14)6-8)21-13(15,16)17/h4-7,19H,1-3H3,(H2,18,20). The first-order chi connectivity index (χ1) is 9.45. The number of ether oxygens (including phenoxy) is 1. The lowest BCUT2D eigenvalue weighted by atomic mass is 9.87. The Morgan fingerprint density at radius 3 is 2.33 bits per heavy atom. The van der Waals surface area contributed by atoms with Crippen LogP contribution in [0.2, 0.25) is 5.02 Å². The summed E-state index contributed by atoms with van der Waals surface area (Å²) in [6, 6.07) is 3.64. The number of benzene rings is 1. The van der Waals surface area contributed by atoms with Crippen LogP contribution in [0.1, 0.15) is 20.8 Å². The van der Waals surface area contributed by atoms with Gasteiger partial charge < -0.3 is 15.8 Å². The quantitative estimate of drug-likeness (QED) is 0.870. The average molecular weight is 325 g/mol. The summed E-state index contributed by atoms with van der Waals surface area (Å²) < 4.78 is 40.2. The van der Waals surface area contributed by atoms with Crippen molar-refractivity contribution in [3.8, 4) is 5.75 Å². The first kappa shape index (κ1) is 17.4. The highest BCUT2D eigenvalue weighted by molar-refractivity contribution is 6.32. The van der Waals surface area contributed by atoms with Gasteiger partial charge in [-0.25, -0.2) is 0 Å². The summed E-state index contributed by atoms with van der Waals surface area (Å²) in [6.07, 6.45) is -4.82. The molecule has 8 heteroatoms. The van der Waals surface area contributed by atoms with Crippen molar-refractivity contribution < 1.29 is 22.7 Å². The fraction of sp³-hybridized carbons (Fsp3) is 0.462. The van der Waals surface area contributed by atoms with Gasteiger partial charge in [0.05, 0.1) is 5.02 Å². The summed E-state index contributed by atoms with van der Waals surface area (Å²) in [5.74, 6) is -1.23. The number of rotatable bonds is 5. The number of hydrogen-bond donors (Lipinski definition) is 2. The minimum atomic E-state index is -4.82. The van der Waals surface area contributed by atoms with Gasteiger partial charge in [-0.2, -0.15) is 0 Å². The molecule has 118 valence electrons. The molecule has 0 saturated carbocycles. The summed E-state index contributed by atoms with van der Waals surface area (Å²) in [5, 5.41) is 2.66. The van der Waals surface area contributed by atoms with Gasteiger partial charge in [0.2, 0.25) is 5.91 Å². The van der Waals surface area contributed by atoms with E-state index in [0.717, 1.165) is 6.07 Å². The van der Waals surface area contributed by atoms with Gasteiger partial charge >= 0.3 is 6.36 Å². The topological polar surface area (TPSA) is 64.3 Å². The van der Waals surface area contributed by atoms with Gasteiger partial charge in [-0.15, -0.1) is 13.2 Å². The van der Waals surface area contributed by atoms with E-state index in [1.165, 1.54) is 12.1 Å². The third kappa shape index (κ3) is 4.42. The van der Waals surface area contributed by atoms with Crippen molar-refractivity contribution >= 4 is 23.2 Å². The molecule has 0 aromatic heterocycles. The Balaban J connectivity index is 3.02. The first-order valence-electron chi connectivity index (χ1n) is 6.09. The predicted molar refractivity (Wildman–Crippen MR) is 74.2 cm³/mol. The number of hydrogen-bond acceptors (Lipinski definition) is 3. The molecule has 1 aromatic rings. The molecule has 0 saturated heterocycles. The second kappa shape index (κ2) is 6.01. The van der Waals surface area contributed by atoms with Crippen LogP contribution in [0.4, 0.5) is 18.9 Å². The third-order valence-electron chi connectivity index (χ3n) is 3.23. The normalized spacial score (nSPS) is 14.7. The van der Waals surface area contributed by atoms with Gasteiger partial charge in [0.25, 0.3) is 0 Å². The summed E-state index contributed by atoms with van der Waals surface area (Å²) in [5.41, 5.74) is 4.67. The van der Waals surface area contributed by atoms with Crippen LogP contribution in [0.3, 0.4) is 0 Å². The highest BCUT2D eigenvalue weighted by atomic mass is 35.5. The molecule has 1 amide bonds. The Kier molecular flexibility index (Phi) is 4.99. The van der Waals surface area contributed by atoms with E-state index in [2.05, 4.69) is 10.1 Å². The van der Waals surface area contributed by atoms with Crippen molar-refractivity contribution in [2.24, 2.45) is 11.7 Å². The van der Waals surface area contributed by atoms with Crippen molar-refractivity contribution in [3.63, 3.8) is 0 Å². The van der Waals surface area contributed by atoms with Crippen molar-refractivity contribution in [1.82, 2.24) is 0 Å². The molecule has 1 atom stereocenters. The Hall–Kier alpha value is -1.63. The molecule has 0 aliphatic heterocycles. The molecule has 0 bridgehead atoms. The zero-order valence-electron chi connectivity index (χ0n) is 11.7. The second-order valence-electron chi connectivity index (χ2n) is 5.04. The zero-order valence-corrected chi connectivity index (χ0v) is 12.5. The molecule has 1 rings (SSSR count). The molecule has 0 fully saturated rings. The third-order valence-corrected chi connectivity index (χ3v) is 3.52. The number of primary amides is 1. The summed E-state index contributed by atoms with van der Waals surface area (Å²) in [7, 11) is 0. The molecular weight excluding hydrogens is 309 g/mol. The molecule has 0 radical (unpaired) electrons. The van der Waals surface area contributed by atoms with E-state index >= 15 is 0 Å². The van der Waals surface area contributed by atoms with Gasteiger partial charge in [0, 0.05) is 5.69 Å². The van der Waals surface area contributed by atoms with Crippen molar-refractivity contribution in [2.45, 2.75) is 32.7 Å². The maximum Gasteiger partial charge on any atom is 0.573 e. The lowest BCUT2D eigenvalue weighted by Gasteiger charge is -2.32. The van der Waals surface area contributed by atoms with E-state index in [0.29, 0.717) is 5.69 Å². The van der Waals surface area contributed by atoms with E-state index in [1.807, 2.05) is 0 Å².